The molecule has 0 radical (unpaired) electrons. The van der Waals surface area contributed by atoms with E-state index in [1.807, 2.05) is 31.2 Å². The van der Waals surface area contributed by atoms with Crippen molar-refractivity contribution in [2.24, 2.45) is 0 Å². The highest BCUT2D eigenvalue weighted by atomic mass is 16.3. The van der Waals surface area contributed by atoms with Crippen molar-refractivity contribution in [1.29, 1.82) is 0 Å². The minimum atomic E-state index is -0.248. The van der Waals surface area contributed by atoms with Gasteiger partial charge in [0.1, 0.15) is 12.4 Å². The van der Waals surface area contributed by atoms with Gasteiger partial charge in [0.2, 0.25) is 0 Å². The van der Waals surface area contributed by atoms with E-state index in [0.29, 0.717) is 11.5 Å². The summed E-state index contributed by atoms with van der Waals surface area (Å²) in [4.78, 5) is 12.0. The number of rotatable bonds is 3. The summed E-state index contributed by atoms with van der Waals surface area (Å²) in [6.07, 6.45) is 0. The second-order valence-corrected chi connectivity index (χ2v) is 4.69. The molecule has 1 amide bonds. The first kappa shape index (κ1) is 14.9. The third-order valence-corrected chi connectivity index (χ3v) is 3.01. The van der Waals surface area contributed by atoms with E-state index in [2.05, 4.69) is 17.2 Å². The Bertz CT molecular complexity index is 691. The molecule has 1 aromatic carbocycles. The van der Waals surface area contributed by atoms with Crippen LogP contribution in [0.4, 0.5) is 0 Å². The number of furan rings is 1. The molecule has 1 heterocycles. The summed E-state index contributed by atoms with van der Waals surface area (Å²) in [7, 11) is 0. The van der Waals surface area contributed by atoms with Crippen molar-refractivity contribution >= 4 is 5.91 Å². The van der Waals surface area contributed by atoms with Gasteiger partial charge < -0.3 is 14.8 Å². The van der Waals surface area contributed by atoms with Gasteiger partial charge in [-0.25, -0.2) is 0 Å². The minimum absolute atomic E-state index is 0.168. The Hall–Kier alpha value is -2.51. The summed E-state index contributed by atoms with van der Waals surface area (Å²) < 4.78 is 5.30. The molecule has 0 aliphatic rings. The number of nitrogens with one attached hydrogen (secondary N) is 1. The smallest absolute Gasteiger partial charge is 0.287 e. The molecule has 0 fully saturated rings. The summed E-state index contributed by atoms with van der Waals surface area (Å²) in [6.45, 7) is 3.52. The maximum Gasteiger partial charge on any atom is 0.287 e. The highest BCUT2D eigenvalue weighted by molar-refractivity contribution is 5.91. The number of benzene rings is 1. The molecule has 0 bridgehead atoms. The van der Waals surface area contributed by atoms with Crippen LogP contribution in [0.5, 0.6) is 0 Å². The van der Waals surface area contributed by atoms with Gasteiger partial charge in [-0.1, -0.05) is 24.0 Å². The van der Waals surface area contributed by atoms with Crippen LogP contribution in [0.25, 0.3) is 0 Å². The first-order chi connectivity index (χ1) is 10.1. The lowest BCUT2D eigenvalue weighted by Crippen LogP contribution is -2.26. The Labute approximate surface area is 123 Å². The normalized spacial score (nSPS) is 11.4. The molecule has 2 N–H and O–H groups in total. The lowest BCUT2D eigenvalue weighted by Gasteiger charge is -2.13. The number of aryl methyl sites for hydroxylation is 1. The molecule has 0 aliphatic heterocycles. The van der Waals surface area contributed by atoms with Crippen LogP contribution in [-0.2, 0) is 0 Å². The fraction of sp³-hybridized carbons (Fsp3) is 0.235. The first-order valence-corrected chi connectivity index (χ1v) is 6.67. The molecular formula is C17H17NO3. The van der Waals surface area contributed by atoms with Gasteiger partial charge in [0, 0.05) is 5.56 Å². The van der Waals surface area contributed by atoms with Crippen LogP contribution >= 0.6 is 0 Å². The molecule has 0 saturated carbocycles. The average molecular weight is 283 g/mol. The third-order valence-electron chi connectivity index (χ3n) is 3.01. The average Bonchev–Trinajstić information content (AvgIpc) is 2.92. The molecule has 4 nitrogen and oxygen atoms in total. The molecule has 4 heteroatoms. The van der Waals surface area contributed by atoms with Crippen molar-refractivity contribution in [2.45, 2.75) is 19.9 Å². The Balaban J connectivity index is 2.09. The molecule has 21 heavy (non-hydrogen) atoms. The van der Waals surface area contributed by atoms with Gasteiger partial charge in [-0.2, -0.15) is 0 Å². The Morgan fingerprint density at radius 1 is 1.38 bits per heavy atom. The fourth-order valence-corrected chi connectivity index (χ4v) is 1.94. The van der Waals surface area contributed by atoms with E-state index in [1.54, 1.807) is 19.1 Å². The summed E-state index contributed by atoms with van der Waals surface area (Å²) in [6, 6.07) is 10.8. The van der Waals surface area contributed by atoms with E-state index in [4.69, 9.17) is 9.52 Å². The number of hydrogen-bond donors (Lipinski definition) is 2. The third kappa shape index (κ3) is 3.98. The van der Waals surface area contributed by atoms with Crippen molar-refractivity contribution in [3.05, 3.63) is 59.0 Å². The van der Waals surface area contributed by atoms with Gasteiger partial charge in [0.25, 0.3) is 5.91 Å². The van der Waals surface area contributed by atoms with Gasteiger partial charge in [-0.15, -0.1) is 0 Å². The number of amides is 1. The van der Waals surface area contributed by atoms with Crippen molar-refractivity contribution in [3.8, 4) is 11.8 Å². The maximum atomic E-state index is 12.0. The van der Waals surface area contributed by atoms with E-state index < -0.39 is 0 Å². The van der Waals surface area contributed by atoms with Gasteiger partial charge in [-0.05, 0) is 43.7 Å². The molecule has 108 valence electrons. The van der Waals surface area contributed by atoms with Crippen molar-refractivity contribution in [1.82, 2.24) is 5.32 Å². The van der Waals surface area contributed by atoms with Gasteiger partial charge in [0.05, 0.1) is 6.04 Å². The van der Waals surface area contributed by atoms with Gasteiger partial charge >= 0.3 is 0 Å². The van der Waals surface area contributed by atoms with E-state index >= 15 is 0 Å². The van der Waals surface area contributed by atoms with Crippen molar-refractivity contribution in [2.75, 3.05) is 6.61 Å². The summed E-state index contributed by atoms with van der Waals surface area (Å²) >= 11 is 0. The molecule has 0 saturated heterocycles. The molecule has 2 aromatic rings. The molecule has 1 unspecified atom stereocenters. The zero-order valence-corrected chi connectivity index (χ0v) is 12.0. The second-order valence-electron chi connectivity index (χ2n) is 4.69. The number of carbonyl (C=O) groups excluding carboxylic acids is 1. The molecule has 1 atom stereocenters. The Kier molecular flexibility index (Phi) is 4.81. The summed E-state index contributed by atoms with van der Waals surface area (Å²) in [5, 5.41) is 11.6. The van der Waals surface area contributed by atoms with E-state index in [9.17, 15) is 4.79 Å². The molecule has 2 rings (SSSR count). The van der Waals surface area contributed by atoms with Crippen LogP contribution in [0, 0.1) is 18.8 Å². The second kappa shape index (κ2) is 6.78. The molecule has 0 aliphatic carbocycles. The molecule has 1 aromatic heterocycles. The molecular weight excluding hydrogens is 266 g/mol. The lowest BCUT2D eigenvalue weighted by molar-refractivity contribution is 0.0910. The van der Waals surface area contributed by atoms with E-state index in [-0.39, 0.29) is 18.6 Å². The van der Waals surface area contributed by atoms with Crippen LogP contribution in [0.15, 0.2) is 40.8 Å². The number of hydrogen-bond acceptors (Lipinski definition) is 3. The lowest BCUT2D eigenvalue weighted by atomic mass is 10.1. The minimum Gasteiger partial charge on any atom is -0.456 e. The van der Waals surface area contributed by atoms with Crippen LogP contribution in [0.3, 0.4) is 0 Å². The zero-order valence-electron chi connectivity index (χ0n) is 12.0. The van der Waals surface area contributed by atoms with Gasteiger partial charge in [0.15, 0.2) is 5.76 Å². The standard InChI is InChI=1S/C17H17NO3/c1-12-8-9-16(21-12)17(20)18-13(2)15-7-3-5-14(11-15)6-4-10-19/h3,5,7-9,11,13,19H,10H2,1-2H3,(H,18,20). The van der Waals surface area contributed by atoms with E-state index in [1.165, 1.54) is 0 Å². The monoisotopic (exact) mass is 283 g/mol. The summed E-state index contributed by atoms with van der Waals surface area (Å²) in [5.41, 5.74) is 1.74. The topological polar surface area (TPSA) is 62.5 Å². The van der Waals surface area contributed by atoms with Gasteiger partial charge in [-0.3, -0.25) is 4.79 Å². The summed E-state index contributed by atoms with van der Waals surface area (Å²) in [5.74, 6) is 6.21. The van der Waals surface area contributed by atoms with E-state index in [0.717, 1.165) is 11.1 Å². The number of aliphatic hydroxyl groups is 1. The largest absolute Gasteiger partial charge is 0.456 e. The number of carbonyl (C=O) groups is 1. The first-order valence-electron chi connectivity index (χ1n) is 6.67. The molecule has 0 spiro atoms. The zero-order chi connectivity index (χ0) is 15.2. The SMILES string of the molecule is Cc1ccc(C(=O)NC(C)c2cccc(C#CCO)c2)o1. The predicted octanol–water partition coefficient (Wildman–Crippen LogP) is 2.42. The van der Waals surface area contributed by atoms with Crippen molar-refractivity contribution in [3.63, 3.8) is 0 Å². The Morgan fingerprint density at radius 2 is 2.19 bits per heavy atom. The van der Waals surface area contributed by atoms with Crippen molar-refractivity contribution < 1.29 is 14.3 Å². The predicted molar refractivity (Wildman–Crippen MR) is 79.7 cm³/mol. The van der Waals surface area contributed by atoms with Crippen LogP contribution in [0.1, 0.15) is 40.4 Å². The Morgan fingerprint density at radius 3 is 2.86 bits per heavy atom. The van der Waals surface area contributed by atoms with Crippen LogP contribution in [-0.4, -0.2) is 17.6 Å². The maximum absolute atomic E-state index is 12.0. The number of aliphatic hydroxyl groups excluding tert-OH is 1. The quantitative estimate of drug-likeness (QED) is 0.850. The fourth-order valence-electron chi connectivity index (χ4n) is 1.94. The van der Waals surface area contributed by atoms with Crippen LogP contribution < -0.4 is 5.32 Å². The highest BCUT2D eigenvalue weighted by Crippen LogP contribution is 2.15. The highest BCUT2D eigenvalue weighted by Gasteiger charge is 2.14. The van der Waals surface area contributed by atoms with Crippen LogP contribution in [0.2, 0.25) is 0 Å².